The van der Waals surface area contributed by atoms with Crippen LogP contribution in [-0.4, -0.2) is 54.7 Å². The molecule has 0 N–H and O–H groups in total. The minimum Gasteiger partial charge on any atom is -0.340 e. The Balaban J connectivity index is 2.46. The Bertz CT molecular complexity index is 297. The molecule has 0 aromatic carbocycles. The lowest BCUT2D eigenvalue weighted by atomic mass is 9.95. The fourth-order valence-electron chi connectivity index (χ4n) is 2.52. The van der Waals surface area contributed by atoms with Gasteiger partial charge < -0.3 is 9.80 Å². The first-order chi connectivity index (χ1) is 9.06. The number of carbonyl (C=O) groups excluding carboxylic acids is 2. The summed E-state index contributed by atoms with van der Waals surface area (Å²) in [5, 5.41) is 0. The molecule has 1 rings (SSSR count). The second kappa shape index (κ2) is 8.31. The van der Waals surface area contributed by atoms with Crippen LogP contribution in [0.4, 0.5) is 0 Å². The van der Waals surface area contributed by atoms with Gasteiger partial charge in [0.05, 0.1) is 5.92 Å². The normalized spacial score (nSPS) is 18.4. The van der Waals surface area contributed by atoms with E-state index in [9.17, 15) is 9.59 Å². The minimum absolute atomic E-state index is 0.0282. The fraction of sp³-hybridized carbons (Fsp3) is 0.867. The topological polar surface area (TPSA) is 40.6 Å². The number of ketones is 1. The average molecular weight is 268 g/mol. The highest BCUT2D eigenvalue weighted by Crippen LogP contribution is 2.16. The summed E-state index contributed by atoms with van der Waals surface area (Å²) in [7, 11) is 2.06. The van der Waals surface area contributed by atoms with E-state index >= 15 is 0 Å². The van der Waals surface area contributed by atoms with Crippen molar-refractivity contribution >= 4 is 11.7 Å². The van der Waals surface area contributed by atoms with Gasteiger partial charge in [-0.05, 0) is 20.4 Å². The zero-order chi connectivity index (χ0) is 14.3. The number of hydrogen-bond acceptors (Lipinski definition) is 3. The van der Waals surface area contributed by atoms with Gasteiger partial charge in [-0.1, -0.05) is 32.6 Å². The van der Waals surface area contributed by atoms with Gasteiger partial charge in [0.25, 0.3) is 0 Å². The lowest BCUT2D eigenvalue weighted by Crippen LogP contribution is -2.50. The van der Waals surface area contributed by atoms with Gasteiger partial charge in [0.15, 0.2) is 0 Å². The highest BCUT2D eigenvalue weighted by Gasteiger charge is 2.29. The molecule has 1 aliphatic rings. The van der Waals surface area contributed by atoms with Gasteiger partial charge in [-0.25, -0.2) is 0 Å². The molecule has 0 bridgehead atoms. The molecule has 0 saturated carbocycles. The molecule has 1 unspecified atom stereocenters. The first kappa shape index (κ1) is 16.2. The second-order valence-electron chi connectivity index (χ2n) is 5.64. The summed E-state index contributed by atoms with van der Waals surface area (Å²) in [6.45, 7) is 7.05. The Morgan fingerprint density at radius 1 is 1.05 bits per heavy atom. The number of carbonyl (C=O) groups is 2. The van der Waals surface area contributed by atoms with E-state index in [0.29, 0.717) is 0 Å². The molecule has 110 valence electrons. The van der Waals surface area contributed by atoms with Crippen molar-refractivity contribution < 1.29 is 9.59 Å². The predicted molar refractivity (Wildman–Crippen MR) is 77.0 cm³/mol. The van der Waals surface area contributed by atoms with E-state index in [1.165, 1.54) is 12.8 Å². The van der Waals surface area contributed by atoms with Crippen LogP contribution in [-0.2, 0) is 9.59 Å². The maximum atomic E-state index is 12.4. The molecule has 1 heterocycles. The summed E-state index contributed by atoms with van der Waals surface area (Å²) in [4.78, 5) is 28.2. The standard InChI is InChI=1S/C15H28N2O2/c1-4-5-6-7-8-14(13(2)18)15(19)17-11-9-16(3)10-12-17/h14H,4-12H2,1-3H3. The fourth-order valence-corrected chi connectivity index (χ4v) is 2.52. The molecular formula is C15H28N2O2. The number of amides is 1. The first-order valence-corrected chi connectivity index (χ1v) is 7.54. The number of likely N-dealkylation sites (N-methyl/N-ethyl adjacent to an activating group) is 1. The Kier molecular flexibility index (Phi) is 7.06. The van der Waals surface area contributed by atoms with E-state index in [4.69, 9.17) is 0 Å². The van der Waals surface area contributed by atoms with Gasteiger partial charge in [-0.2, -0.15) is 0 Å². The SMILES string of the molecule is CCCCCCC(C(C)=O)C(=O)N1CCN(C)CC1. The van der Waals surface area contributed by atoms with Crippen molar-refractivity contribution in [3.8, 4) is 0 Å². The van der Waals surface area contributed by atoms with E-state index in [1.54, 1.807) is 6.92 Å². The van der Waals surface area contributed by atoms with Crippen molar-refractivity contribution in [2.45, 2.75) is 46.0 Å². The summed E-state index contributed by atoms with van der Waals surface area (Å²) >= 11 is 0. The predicted octanol–water partition coefficient (Wildman–Crippen LogP) is 1.94. The van der Waals surface area contributed by atoms with Crippen LogP contribution >= 0.6 is 0 Å². The van der Waals surface area contributed by atoms with Crippen LogP contribution in [0.2, 0.25) is 0 Å². The Labute approximate surface area is 117 Å². The summed E-state index contributed by atoms with van der Waals surface area (Å²) in [6, 6.07) is 0. The van der Waals surface area contributed by atoms with Gasteiger partial charge in [-0.15, -0.1) is 0 Å². The smallest absolute Gasteiger partial charge is 0.233 e. The zero-order valence-corrected chi connectivity index (χ0v) is 12.7. The maximum absolute atomic E-state index is 12.4. The second-order valence-corrected chi connectivity index (χ2v) is 5.64. The number of rotatable bonds is 7. The molecule has 4 heteroatoms. The highest BCUT2D eigenvalue weighted by atomic mass is 16.2. The quantitative estimate of drug-likeness (QED) is 0.523. The van der Waals surface area contributed by atoms with Crippen LogP contribution in [0.1, 0.15) is 46.0 Å². The van der Waals surface area contributed by atoms with E-state index in [-0.39, 0.29) is 11.7 Å². The summed E-state index contributed by atoms with van der Waals surface area (Å²) < 4.78 is 0. The summed E-state index contributed by atoms with van der Waals surface area (Å²) in [5.41, 5.74) is 0. The van der Waals surface area contributed by atoms with Crippen molar-refractivity contribution in [3.05, 3.63) is 0 Å². The van der Waals surface area contributed by atoms with Gasteiger partial charge in [0, 0.05) is 26.2 Å². The maximum Gasteiger partial charge on any atom is 0.233 e. The Morgan fingerprint density at radius 2 is 1.68 bits per heavy atom. The van der Waals surface area contributed by atoms with Crippen molar-refractivity contribution in [1.82, 2.24) is 9.80 Å². The lowest BCUT2D eigenvalue weighted by molar-refractivity contribution is -0.142. The van der Waals surface area contributed by atoms with Crippen LogP contribution < -0.4 is 0 Å². The molecule has 0 aliphatic carbocycles. The molecule has 1 saturated heterocycles. The third kappa shape index (κ3) is 5.31. The largest absolute Gasteiger partial charge is 0.340 e. The zero-order valence-electron chi connectivity index (χ0n) is 12.7. The number of nitrogens with zero attached hydrogens (tertiary/aromatic N) is 2. The molecule has 0 aromatic rings. The molecule has 1 atom stereocenters. The molecule has 1 amide bonds. The summed E-state index contributed by atoms with van der Waals surface area (Å²) in [6.07, 6.45) is 5.19. The van der Waals surface area contributed by atoms with Gasteiger partial charge in [0.1, 0.15) is 5.78 Å². The first-order valence-electron chi connectivity index (χ1n) is 7.54. The van der Waals surface area contributed by atoms with Crippen LogP contribution in [0.25, 0.3) is 0 Å². The van der Waals surface area contributed by atoms with Crippen LogP contribution in [0.5, 0.6) is 0 Å². The van der Waals surface area contributed by atoms with Crippen LogP contribution in [0.3, 0.4) is 0 Å². The van der Waals surface area contributed by atoms with E-state index in [1.807, 2.05) is 4.90 Å². The van der Waals surface area contributed by atoms with Crippen LogP contribution in [0, 0.1) is 5.92 Å². The van der Waals surface area contributed by atoms with Gasteiger partial charge in [0.2, 0.25) is 5.91 Å². The Hall–Kier alpha value is -0.900. The van der Waals surface area contributed by atoms with Gasteiger partial charge in [-0.3, -0.25) is 9.59 Å². The highest BCUT2D eigenvalue weighted by molar-refractivity contribution is 6.00. The molecule has 19 heavy (non-hydrogen) atoms. The number of unbranched alkanes of at least 4 members (excludes halogenated alkanes) is 3. The number of Topliss-reactive ketones (excluding diaryl/α,β-unsaturated/α-hetero) is 1. The third-order valence-electron chi connectivity index (χ3n) is 3.95. The molecule has 0 aromatic heterocycles. The summed E-state index contributed by atoms with van der Waals surface area (Å²) in [5.74, 6) is -0.321. The van der Waals surface area contributed by atoms with Crippen molar-refractivity contribution in [2.75, 3.05) is 33.2 Å². The number of piperazine rings is 1. The Morgan fingerprint density at radius 3 is 2.21 bits per heavy atom. The van der Waals surface area contributed by atoms with Crippen molar-refractivity contribution in [3.63, 3.8) is 0 Å². The third-order valence-corrected chi connectivity index (χ3v) is 3.95. The number of hydrogen-bond donors (Lipinski definition) is 0. The lowest BCUT2D eigenvalue weighted by Gasteiger charge is -2.34. The average Bonchev–Trinajstić information content (AvgIpc) is 2.38. The van der Waals surface area contributed by atoms with E-state index in [0.717, 1.165) is 45.4 Å². The van der Waals surface area contributed by atoms with E-state index in [2.05, 4.69) is 18.9 Å². The van der Waals surface area contributed by atoms with Gasteiger partial charge >= 0.3 is 0 Å². The molecular weight excluding hydrogens is 240 g/mol. The molecule has 0 radical (unpaired) electrons. The monoisotopic (exact) mass is 268 g/mol. The van der Waals surface area contributed by atoms with Crippen molar-refractivity contribution in [1.29, 1.82) is 0 Å². The minimum atomic E-state index is -0.403. The molecule has 4 nitrogen and oxygen atoms in total. The van der Waals surface area contributed by atoms with Crippen molar-refractivity contribution in [2.24, 2.45) is 5.92 Å². The molecule has 1 aliphatic heterocycles. The molecule has 1 fully saturated rings. The van der Waals surface area contributed by atoms with E-state index < -0.39 is 5.92 Å². The van der Waals surface area contributed by atoms with Crippen LogP contribution in [0.15, 0.2) is 0 Å². The molecule has 0 spiro atoms.